The van der Waals surface area contributed by atoms with Gasteiger partial charge in [-0.15, -0.1) is 0 Å². The van der Waals surface area contributed by atoms with Crippen LogP contribution in [0.2, 0.25) is 0 Å². The van der Waals surface area contributed by atoms with Crippen molar-refractivity contribution >= 4 is 0 Å². The SMILES string of the molecule is C[C@@H]1CCCN1CCc1ccc(-c2ccc(C3COC(C)(C)O3)cc2)cc1. The minimum Gasteiger partial charge on any atom is -0.347 e. The molecule has 144 valence electrons. The minimum atomic E-state index is -0.480. The molecule has 3 heteroatoms. The number of hydrogen-bond donors (Lipinski definition) is 0. The molecule has 2 aliphatic rings. The van der Waals surface area contributed by atoms with Crippen molar-refractivity contribution in [1.82, 2.24) is 4.90 Å². The monoisotopic (exact) mass is 365 g/mol. The van der Waals surface area contributed by atoms with Crippen LogP contribution in [0.3, 0.4) is 0 Å². The molecule has 0 amide bonds. The summed E-state index contributed by atoms with van der Waals surface area (Å²) >= 11 is 0. The van der Waals surface area contributed by atoms with Crippen LogP contribution >= 0.6 is 0 Å². The predicted octanol–water partition coefficient (Wildman–Crippen LogP) is 5.20. The molecular formula is C24H31NO2. The summed E-state index contributed by atoms with van der Waals surface area (Å²) in [6, 6.07) is 18.5. The minimum absolute atomic E-state index is 0.0319. The lowest BCUT2D eigenvalue weighted by Gasteiger charge is -2.20. The number of hydrogen-bond acceptors (Lipinski definition) is 3. The molecule has 4 rings (SSSR count). The van der Waals surface area contributed by atoms with Crippen LogP contribution < -0.4 is 0 Å². The van der Waals surface area contributed by atoms with Gasteiger partial charge >= 0.3 is 0 Å². The van der Waals surface area contributed by atoms with Gasteiger partial charge in [0, 0.05) is 12.6 Å². The Labute approximate surface area is 163 Å². The molecule has 0 spiro atoms. The Balaban J connectivity index is 1.37. The Bertz CT molecular complexity index is 751. The number of benzene rings is 2. The number of ether oxygens (including phenoxy) is 2. The number of nitrogens with zero attached hydrogens (tertiary/aromatic N) is 1. The Morgan fingerprint density at radius 2 is 1.67 bits per heavy atom. The maximum absolute atomic E-state index is 5.95. The van der Waals surface area contributed by atoms with Gasteiger partial charge in [0.2, 0.25) is 0 Å². The summed E-state index contributed by atoms with van der Waals surface area (Å²) in [7, 11) is 0. The van der Waals surface area contributed by atoms with E-state index in [0.717, 1.165) is 12.5 Å². The van der Waals surface area contributed by atoms with Gasteiger partial charge in [0.15, 0.2) is 5.79 Å². The molecule has 2 atom stereocenters. The Kier molecular flexibility index (Phi) is 5.36. The van der Waals surface area contributed by atoms with E-state index < -0.39 is 5.79 Å². The van der Waals surface area contributed by atoms with E-state index in [-0.39, 0.29) is 6.10 Å². The highest BCUT2D eigenvalue weighted by Crippen LogP contribution is 2.33. The van der Waals surface area contributed by atoms with Gasteiger partial charge in [-0.05, 0) is 68.8 Å². The third kappa shape index (κ3) is 4.43. The summed E-state index contributed by atoms with van der Waals surface area (Å²) in [4.78, 5) is 2.61. The fourth-order valence-electron chi connectivity index (χ4n) is 4.20. The van der Waals surface area contributed by atoms with Gasteiger partial charge in [-0.2, -0.15) is 0 Å². The molecule has 2 aromatic carbocycles. The Morgan fingerprint density at radius 1 is 1.00 bits per heavy atom. The van der Waals surface area contributed by atoms with Crippen molar-refractivity contribution in [2.75, 3.05) is 19.7 Å². The van der Waals surface area contributed by atoms with Crippen LogP contribution in [-0.4, -0.2) is 36.4 Å². The van der Waals surface area contributed by atoms with E-state index in [2.05, 4.69) is 60.4 Å². The zero-order valence-electron chi connectivity index (χ0n) is 16.8. The standard InChI is InChI=1S/C24H31NO2/c1-18-5-4-15-25(18)16-14-19-6-8-20(9-7-19)21-10-12-22(13-11-21)23-17-26-24(2,3)27-23/h6-13,18,23H,4-5,14-17H2,1-3H3/t18-,23?/m1/s1. The third-order valence-electron chi connectivity index (χ3n) is 5.96. The van der Waals surface area contributed by atoms with Crippen LogP contribution in [0, 0.1) is 0 Å². The average molecular weight is 366 g/mol. The summed E-state index contributed by atoms with van der Waals surface area (Å²) in [6.45, 7) is 9.34. The van der Waals surface area contributed by atoms with E-state index in [9.17, 15) is 0 Å². The third-order valence-corrected chi connectivity index (χ3v) is 5.96. The van der Waals surface area contributed by atoms with E-state index in [0.29, 0.717) is 6.61 Å². The fraction of sp³-hybridized carbons (Fsp3) is 0.500. The quantitative estimate of drug-likeness (QED) is 0.726. The second-order valence-corrected chi connectivity index (χ2v) is 8.41. The highest BCUT2D eigenvalue weighted by Gasteiger charge is 2.33. The molecule has 2 fully saturated rings. The lowest BCUT2D eigenvalue weighted by atomic mass is 10.0. The second kappa shape index (κ2) is 7.75. The average Bonchev–Trinajstić information content (AvgIpc) is 3.25. The summed E-state index contributed by atoms with van der Waals surface area (Å²) < 4.78 is 11.6. The molecule has 2 saturated heterocycles. The van der Waals surface area contributed by atoms with Gasteiger partial charge in [0.05, 0.1) is 6.61 Å². The van der Waals surface area contributed by atoms with Crippen molar-refractivity contribution in [1.29, 1.82) is 0 Å². The highest BCUT2D eigenvalue weighted by atomic mass is 16.7. The second-order valence-electron chi connectivity index (χ2n) is 8.41. The largest absolute Gasteiger partial charge is 0.347 e. The Hall–Kier alpha value is -1.68. The first-order chi connectivity index (χ1) is 13.0. The molecule has 0 saturated carbocycles. The number of likely N-dealkylation sites (tertiary alicyclic amines) is 1. The zero-order valence-corrected chi connectivity index (χ0v) is 16.8. The summed E-state index contributed by atoms with van der Waals surface area (Å²) in [5.41, 5.74) is 5.12. The van der Waals surface area contributed by atoms with Gasteiger partial charge in [0.1, 0.15) is 6.10 Å². The normalized spacial score (nSPS) is 25.1. The summed E-state index contributed by atoms with van der Waals surface area (Å²) in [6.07, 6.45) is 3.87. The van der Waals surface area contributed by atoms with Crippen molar-refractivity contribution in [3.05, 3.63) is 59.7 Å². The molecule has 0 bridgehead atoms. The van der Waals surface area contributed by atoms with Crippen molar-refractivity contribution in [3.63, 3.8) is 0 Å². The molecule has 1 unspecified atom stereocenters. The van der Waals surface area contributed by atoms with Crippen LogP contribution in [0.5, 0.6) is 0 Å². The molecule has 2 heterocycles. The lowest BCUT2D eigenvalue weighted by molar-refractivity contribution is -0.139. The maximum Gasteiger partial charge on any atom is 0.163 e. The van der Waals surface area contributed by atoms with Crippen molar-refractivity contribution in [2.24, 2.45) is 0 Å². The van der Waals surface area contributed by atoms with Crippen LogP contribution in [0.1, 0.15) is 50.8 Å². The van der Waals surface area contributed by atoms with Crippen molar-refractivity contribution < 1.29 is 9.47 Å². The van der Waals surface area contributed by atoms with Gasteiger partial charge < -0.3 is 14.4 Å². The van der Waals surface area contributed by atoms with Gasteiger partial charge in [-0.3, -0.25) is 0 Å². The highest BCUT2D eigenvalue weighted by molar-refractivity contribution is 5.64. The zero-order chi connectivity index (χ0) is 18.9. The molecule has 27 heavy (non-hydrogen) atoms. The summed E-state index contributed by atoms with van der Waals surface area (Å²) in [5.74, 6) is -0.480. The summed E-state index contributed by atoms with van der Waals surface area (Å²) in [5, 5.41) is 0. The smallest absolute Gasteiger partial charge is 0.163 e. The topological polar surface area (TPSA) is 21.7 Å². The van der Waals surface area contributed by atoms with Crippen molar-refractivity contribution in [2.45, 2.75) is 58.0 Å². The predicted molar refractivity (Wildman–Crippen MR) is 110 cm³/mol. The van der Waals surface area contributed by atoms with Crippen LogP contribution in [0.15, 0.2) is 48.5 Å². The van der Waals surface area contributed by atoms with Gasteiger partial charge in [-0.25, -0.2) is 0 Å². The van der Waals surface area contributed by atoms with Crippen LogP contribution in [0.4, 0.5) is 0 Å². The Morgan fingerprint density at radius 3 is 2.22 bits per heavy atom. The molecule has 2 aliphatic heterocycles. The van der Waals surface area contributed by atoms with Gasteiger partial charge in [-0.1, -0.05) is 48.5 Å². The fourth-order valence-corrected chi connectivity index (χ4v) is 4.20. The maximum atomic E-state index is 5.95. The molecular weight excluding hydrogens is 334 g/mol. The molecule has 0 aliphatic carbocycles. The first kappa shape index (κ1) is 18.7. The van der Waals surface area contributed by atoms with Crippen LogP contribution in [-0.2, 0) is 15.9 Å². The first-order valence-corrected chi connectivity index (χ1v) is 10.3. The van der Waals surface area contributed by atoms with E-state index in [1.807, 2.05) is 13.8 Å². The van der Waals surface area contributed by atoms with Gasteiger partial charge in [0.25, 0.3) is 0 Å². The molecule has 0 aromatic heterocycles. The molecule has 0 radical (unpaired) electrons. The first-order valence-electron chi connectivity index (χ1n) is 10.3. The molecule has 2 aromatic rings. The lowest BCUT2D eigenvalue weighted by Crippen LogP contribution is -2.28. The number of rotatable bonds is 5. The van der Waals surface area contributed by atoms with E-state index >= 15 is 0 Å². The van der Waals surface area contributed by atoms with E-state index in [1.54, 1.807) is 0 Å². The molecule has 3 nitrogen and oxygen atoms in total. The van der Waals surface area contributed by atoms with E-state index in [1.165, 1.54) is 48.2 Å². The molecule has 0 N–H and O–H groups in total. The van der Waals surface area contributed by atoms with Crippen LogP contribution in [0.25, 0.3) is 11.1 Å². The van der Waals surface area contributed by atoms with Crippen molar-refractivity contribution in [3.8, 4) is 11.1 Å². The van der Waals surface area contributed by atoms with E-state index in [4.69, 9.17) is 9.47 Å².